The van der Waals surface area contributed by atoms with E-state index in [0.29, 0.717) is 10.8 Å². The average Bonchev–Trinajstić information content (AvgIpc) is 2.41. The molecule has 0 radical (unpaired) electrons. The number of thiocarbonyl (C=S) groups is 1. The van der Waals surface area contributed by atoms with Crippen molar-refractivity contribution in [3.63, 3.8) is 0 Å². The van der Waals surface area contributed by atoms with Gasteiger partial charge >= 0.3 is 0 Å². The number of nitrogens with one attached hydrogen (secondary N) is 2. The van der Waals surface area contributed by atoms with Gasteiger partial charge in [-0.2, -0.15) is 0 Å². The molecule has 0 aromatic heterocycles. The number of rotatable bonds is 3. The number of para-hydroxylation sites is 1. The average molecular weight is 353 g/mol. The third kappa shape index (κ3) is 3.77. The molecule has 0 spiro atoms. The third-order valence-corrected chi connectivity index (χ3v) is 3.78. The lowest BCUT2D eigenvalue weighted by Crippen LogP contribution is -2.31. The Bertz CT molecular complexity index is 618. The van der Waals surface area contributed by atoms with Crippen LogP contribution < -0.4 is 10.6 Å². The predicted octanol–water partition coefficient (Wildman–Crippen LogP) is 4.64. The zero-order chi connectivity index (χ0) is 14.5. The van der Waals surface area contributed by atoms with Crippen LogP contribution >= 0.6 is 28.1 Å². The van der Waals surface area contributed by atoms with E-state index in [1.165, 1.54) is 6.07 Å². The van der Waals surface area contributed by atoms with Crippen LogP contribution in [0.15, 0.2) is 53.0 Å². The van der Waals surface area contributed by atoms with E-state index in [0.717, 1.165) is 10.0 Å². The molecule has 0 saturated heterocycles. The van der Waals surface area contributed by atoms with Crippen LogP contribution in [0, 0.1) is 5.82 Å². The lowest BCUT2D eigenvalue weighted by atomic mass is 10.1. The van der Waals surface area contributed by atoms with Gasteiger partial charge in [0.25, 0.3) is 0 Å². The van der Waals surface area contributed by atoms with E-state index in [9.17, 15) is 4.39 Å². The molecule has 0 fully saturated rings. The Morgan fingerprint density at radius 3 is 2.50 bits per heavy atom. The fourth-order valence-electron chi connectivity index (χ4n) is 1.82. The second kappa shape index (κ2) is 6.81. The van der Waals surface area contributed by atoms with Crippen LogP contribution in [0.3, 0.4) is 0 Å². The van der Waals surface area contributed by atoms with Crippen LogP contribution in [-0.2, 0) is 0 Å². The molecule has 0 aliphatic heterocycles. The van der Waals surface area contributed by atoms with Gasteiger partial charge in [-0.3, -0.25) is 0 Å². The number of hydrogen-bond donors (Lipinski definition) is 2. The molecule has 2 aromatic rings. The van der Waals surface area contributed by atoms with E-state index in [4.69, 9.17) is 12.2 Å². The summed E-state index contributed by atoms with van der Waals surface area (Å²) in [6.07, 6.45) is 0. The highest BCUT2D eigenvalue weighted by Gasteiger charge is 2.10. The Kier molecular flexibility index (Phi) is 5.09. The van der Waals surface area contributed by atoms with Crippen molar-refractivity contribution in [2.24, 2.45) is 0 Å². The molecule has 1 atom stereocenters. The highest BCUT2D eigenvalue weighted by molar-refractivity contribution is 9.10. The number of anilines is 1. The summed E-state index contributed by atoms with van der Waals surface area (Å²) in [7, 11) is 0. The highest BCUT2D eigenvalue weighted by atomic mass is 79.9. The minimum atomic E-state index is -0.329. The predicted molar refractivity (Wildman–Crippen MR) is 88.3 cm³/mol. The van der Waals surface area contributed by atoms with Gasteiger partial charge in [0.1, 0.15) is 5.82 Å². The second-order valence-electron chi connectivity index (χ2n) is 4.32. The lowest BCUT2D eigenvalue weighted by Gasteiger charge is -2.18. The first-order valence-corrected chi connectivity index (χ1v) is 7.34. The summed E-state index contributed by atoms with van der Waals surface area (Å²) in [5.41, 5.74) is 1.45. The zero-order valence-corrected chi connectivity index (χ0v) is 13.3. The zero-order valence-electron chi connectivity index (χ0n) is 10.9. The summed E-state index contributed by atoms with van der Waals surface area (Å²) < 4.78 is 14.5. The minimum absolute atomic E-state index is 0.0114. The Morgan fingerprint density at radius 2 is 1.80 bits per heavy atom. The maximum absolute atomic E-state index is 13.5. The van der Waals surface area contributed by atoms with E-state index < -0.39 is 0 Å². The Morgan fingerprint density at radius 1 is 1.15 bits per heavy atom. The molecular weight excluding hydrogens is 339 g/mol. The van der Waals surface area contributed by atoms with Crippen LogP contribution in [0.1, 0.15) is 18.5 Å². The first-order chi connectivity index (χ1) is 9.58. The topological polar surface area (TPSA) is 24.1 Å². The maximum atomic E-state index is 13.5. The van der Waals surface area contributed by atoms with Crippen molar-refractivity contribution in [2.75, 3.05) is 5.32 Å². The fraction of sp³-hybridized carbons (Fsp3) is 0.133. The van der Waals surface area contributed by atoms with E-state index >= 15 is 0 Å². The molecule has 0 aliphatic rings. The summed E-state index contributed by atoms with van der Waals surface area (Å²) in [5, 5.41) is 6.38. The number of hydrogen-bond acceptors (Lipinski definition) is 1. The van der Waals surface area contributed by atoms with Gasteiger partial charge in [0.15, 0.2) is 5.11 Å². The molecule has 0 unspecified atom stereocenters. The van der Waals surface area contributed by atoms with Crippen molar-refractivity contribution in [1.29, 1.82) is 0 Å². The van der Waals surface area contributed by atoms with Gasteiger partial charge in [-0.25, -0.2) is 4.39 Å². The van der Waals surface area contributed by atoms with E-state index in [-0.39, 0.29) is 11.9 Å². The standard InChI is InChI=1S/C15H14BrFN2S/c1-10(11-6-2-3-7-12(11)16)18-15(20)19-14-9-5-4-8-13(14)17/h2-10H,1H3,(H2,18,19,20)/t10-/m1/s1. The van der Waals surface area contributed by atoms with E-state index in [1.54, 1.807) is 18.2 Å². The van der Waals surface area contributed by atoms with Gasteiger partial charge in [0.05, 0.1) is 11.7 Å². The van der Waals surface area contributed by atoms with Gasteiger partial charge in [0.2, 0.25) is 0 Å². The van der Waals surface area contributed by atoms with Crippen LogP contribution in [0.4, 0.5) is 10.1 Å². The van der Waals surface area contributed by atoms with E-state index in [2.05, 4.69) is 26.6 Å². The minimum Gasteiger partial charge on any atom is -0.356 e. The first-order valence-electron chi connectivity index (χ1n) is 6.14. The van der Waals surface area contributed by atoms with Crippen molar-refractivity contribution in [1.82, 2.24) is 5.32 Å². The van der Waals surface area contributed by atoms with Gasteiger partial charge in [-0.1, -0.05) is 46.3 Å². The molecule has 0 bridgehead atoms. The van der Waals surface area contributed by atoms with Crippen molar-refractivity contribution >= 4 is 38.9 Å². The van der Waals surface area contributed by atoms with Crippen LogP contribution in [0.5, 0.6) is 0 Å². The largest absolute Gasteiger partial charge is 0.356 e. The van der Waals surface area contributed by atoms with Gasteiger partial charge in [-0.05, 0) is 42.9 Å². The van der Waals surface area contributed by atoms with Crippen molar-refractivity contribution in [3.05, 3.63) is 64.4 Å². The lowest BCUT2D eigenvalue weighted by molar-refractivity contribution is 0.631. The van der Waals surface area contributed by atoms with Crippen LogP contribution in [0.2, 0.25) is 0 Å². The monoisotopic (exact) mass is 352 g/mol. The Hall–Kier alpha value is -1.46. The molecule has 2 aromatic carbocycles. The van der Waals surface area contributed by atoms with Crippen molar-refractivity contribution in [2.45, 2.75) is 13.0 Å². The summed E-state index contributed by atoms with van der Waals surface area (Å²) in [4.78, 5) is 0. The number of halogens is 2. The first kappa shape index (κ1) is 14.9. The smallest absolute Gasteiger partial charge is 0.171 e. The summed E-state index contributed by atoms with van der Waals surface area (Å²) in [6.45, 7) is 2.00. The third-order valence-electron chi connectivity index (χ3n) is 2.84. The van der Waals surface area contributed by atoms with Gasteiger partial charge in [-0.15, -0.1) is 0 Å². The molecule has 5 heteroatoms. The molecule has 104 valence electrons. The molecular formula is C15H14BrFN2S. The molecule has 0 amide bonds. The number of benzene rings is 2. The highest BCUT2D eigenvalue weighted by Crippen LogP contribution is 2.23. The Balaban J connectivity index is 2.02. The molecule has 0 heterocycles. The Labute approximate surface area is 131 Å². The molecule has 20 heavy (non-hydrogen) atoms. The fourth-order valence-corrected chi connectivity index (χ4v) is 2.74. The molecule has 0 aliphatic carbocycles. The van der Waals surface area contributed by atoms with E-state index in [1.807, 2.05) is 31.2 Å². The molecule has 2 rings (SSSR count). The summed E-state index contributed by atoms with van der Waals surface area (Å²) in [6, 6.07) is 14.3. The molecule has 2 N–H and O–H groups in total. The maximum Gasteiger partial charge on any atom is 0.171 e. The normalized spacial score (nSPS) is 11.8. The van der Waals surface area contributed by atoms with Crippen LogP contribution in [-0.4, -0.2) is 5.11 Å². The summed E-state index contributed by atoms with van der Waals surface area (Å²) in [5.74, 6) is -0.329. The van der Waals surface area contributed by atoms with Gasteiger partial charge < -0.3 is 10.6 Å². The molecule has 0 saturated carbocycles. The second-order valence-corrected chi connectivity index (χ2v) is 5.58. The van der Waals surface area contributed by atoms with Gasteiger partial charge in [0, 0.05) is 4.47 Å². The summed E-state index contributed by atoms with van der Waals surface area (Å²) >= 11 is 8.71. The van der Waals surface area contributed by atoms with Crippen LogP contribution in [0.25, 0.3) is 0 Å². The van der Waals surface area contributed by atoms with Crippen molar-refractivity contribution in [3.8, 4) is 0 Å². The SMILES string of the molecule is C[C@@H](NC(=S)Nc1ccccc1F)c1ccccc1Br. The molecule has 2 nitrogen and oxygen atoms in total. The van der Waals surface area contributed by atoms with Crippen molar-refractivity contribution < 1.29 is 4.39 Å². The quantitative estimate of drug-likeness (QED) is 0.787.